The highest BCUT2D eigenvalue weighted by Gasteiger charge is 2.23. The third-order valence-electron chi connectivity index (χ3n) is 2.73. The highest BCUT2D eigenvalue weighted by atomic mass is 16.5. The van der Waals surface area contributed by atoms with E-state index in [0.717, 1.165) is 22.9 Å². The summed E-state index contributed by atoms with van der Waals surface area (Å²) in [5, 5.41) is 0. The maximum atomic E-state index is 5.85. The maximum Gasteiger partial charge on any atom is 0.151 e. The number of ether oxygens (including phenoxy) is 1. The van der Waals surface area contributed by atoms with E-state index in [1.807, 2.05) is 49.6 Å². The molecule has 1 aliphatic carbocycles. The van der Waals surface area contributed by atoms with Gasteiger partial charge in [-0.3, -0.25) is 0 Å². The van der Waals surface area contributed by atoms with E-state index in [4.69, 9.17) is 4.74 Å². The summed E-state index contributed by atoms with van der Waals surface area (Å²) in [5.41, 5.74) is 5.18. The number of para-hydroxylation sites is 2. The Morgan fingerprint density at radius 3 is 2.88 bits per heavy atom. The highest BCUT2D eigenvalue weighted by molar-refractivity contribution is 5.68. The Balaban J connectivity index is 2.18. The molecule has 0 aromatic heterocycles. The Morgan fingerprint density at radius 2 is 1.94 bits per heavy atom. The standard InChI is InChI=1S/C14H11NO/c1-15-11-7-3-2-4-9-13(11)16-14-10-6-5-8-12(14)15/h3-10H,1H3. The quantitative estimate of drug-likeness (QED) is 0.609. The van der Waals surface area contributed by atoms with Crippen LogP contribution in [0.5, 0.6) is 5.75 Å². The van der Waals surface area contributed by atoms with E-state index in [1.165, 1.54) is 0 Å². The number of hydrogen-bond acceptors (Lipinski definition) is 2. The molecule has 2 nitrogen and oxygen atoms in total. The van der Waals surface area contributed by atoms with E-state index in [-0.39, 0.29) is 0 Å². The molecule has 2 heteroatoms. The van der Waals surface area contributed by atoms with Gasteiger partial charge in [-0.15, -0.1) is 5.73 Å². The van der Waals surface area contributed by atoms with E-state index in [0.29, 0.717) is 0 Å². The lowest BCUT2D eigenvalue weighted by Crippen LogP contribution is -2.25. The molecule has 0 fully saturated rings. The summed E-state index contributed by atoms with van der Waals surface area (Å²) in [7, 11) is 2.04. The van der Waals surface area contributed by atoms with Gasteiger partial charge in [-0.2, -0.15) is 0 Å². The minimum absolute atomic E-state index is 0.863. The molecule has 0 unspecified atom stereocenters. The van der Waals surface area contributed by atoms with E-state index in [1.54, 1.807) is 0 Å². The lowest BCUT2D eigenvalue weighted by Gasteiger charge is -2.31. The first-order valence-electron chi connectivity index (χ1n) is 5.20. The van der Waals surface area contributed by atoms with Crippen molar-refractivity contribution in [2.75, 3.05) is 11.9 Å². The van der Waals surface area contributed by atoms with Crippen molar-refractivity contribution in [1.29, 1.82) is 0 Å². The van der Waals surface area contributed by atoms with Crippen LogP contribution in [0, 0.1) is 0 Å². The van der Waals surface area contributed by atoms with Crippen molar-refractivity contribution < 1.29 is 4.74 Å². The second-order valence-corrected chi connectivity index (χ2v) is 3.71. The van der Waals surface area contributed by atoms with Crippen molar-refractivity contribution in [3.8, 4) is 5.75 Å². The van der Waals surface area contributed by atoms with Gasteiger partial charge in [0.05, 0.1) is 11.4 Å². The van der Waals surface area contributed by atoms with Crippen LogP contribution in [0.25, 0.3) is 0 Å². The van der Waals surface area contributed by atoms with E-state index < -0.39 is 0 Å². The molecule has 1 aromatic carbocycles. The van der Waals surface area contributed by atoms with Crippen molar-refractivity contribution in [3.05, 3.63) is 65.8 Å². The van der Waals surface area contributed by atoms with E-state index in [2.05, 4.69) is 16.7 Å². The molecule has 0 bridgehead atoms. The molecule has 0 radical (unpaired) electrons. The predicted molar refractivity (Wildman–Crippen MR) is 64.3 cm³/mol. The Kier molecular flexibility index (Phi) is 1.95. The Hall–Kier alpha value is -2.18. The number of anilines is 1. The van der Waals surface area contributed by atoms with Crippen molar-refractivity contribution in [2.24, 2.45) is 0 Å². The Labute approximate surface area is 94.5 Å². The molecule has 16 heavy (non-hydrogen) atoms. The van der Waals surface area contributed by atoms with Gasteiger partial charge in [0, 0.05) is 7.05 Å². The topological polar surface area (TPSA) is 12.5 Å². The van der Waals surface area contributed by atoms with Gasteiger partial charge in [-0.1, -0.05) is 12.1 Å². The molecular formula is C14H11NO. The van der Waals surface area contributed by atoms with Crippen molar-refractivity contribution >= 4 is 5.69 Å². The normalized spacial score (nSPS) is 16.7. The maximum absolute atomic E-state index is 5.85. The third-order valence-corrected chi connectivity index (χ3v) is 2.73. The largest absolute Gasteiger partial charge is 0.453 e. The van der Waals surface area contributed by atoms with Crippen LogP contribution in [0.3, 0.4) is 0 Å². The van der Waals surface area contributed by atoms with E-state index >= 15 is 0 Å². The summed E-state index contributed by atoms with van der Waals surface area (Å²) in [6, 6.07) is 8.02. The molecule has 1 aliphatic heterocycles. The van der Waals surface area contributed by atoms with Gasteiger partial charge in [0.25, 0.3) is 0 Å². The number of rotatable bonds is 0. The first-order chi connectivity index (χ1) is 7.86. The molecular weight excluding hydrogens is 198 g/mol. The van der Waals surface area contributed by atoms with Crippen molar-refractivity contribution in [1.82, 2.24) is 0 Å². The number of benzene rings is 1. The second-order valence-electron chi connectivity index (χ2n) is 3.71. The average Bonchev–Trinajstić information content (AvgIpc) is 2.55. The fourth-order valence-corrected chi connectivity index (χ4v) is 1.91. The zero-order chi connectivity index (χ0) is 11.0. The van der Waals surface area contributed by atoms with Crippen LogP contribution in [0.2, 0.25) is 0 Å². The second kappa shape index (κ2) is 3.44. The summed E-state index contributed by atoms with van der Waals surface area (Å²) in [4.78, 5) is 2.13. The van der Waals surface area contributed by atoms with Crippen molar-refractivity contribution in [3.63, 3.8) is 0 Å². The molecule has 0 amide bonds. The first kappa shape index (κ1) is 9.08. The van der Waals surface area contributed by atoms with Crippen LogP contribution in [0.4, 0.5) is 5.69 Å². The number of nitrogens with zero attached hydrogens (tertiary/aromatic N) is 1. The zero-order valence-electron chi connectivity index (χ0n) is 8.97. The van der Waals surface area contributed by atoms with Gasteiger partial charge in [0.2, 0.25) is 0 Å². The predicted octanol–water partition coefficient (Wildman–Crippen LogP) is 3.01. The summed E-state index contributed by atoms with van der Waals surface area (Å²) in [6.07, 6.45) is 7.69. The Bertz CT molecular complexity index is 560. The molecule has 0 saturated heterocycles. The minimum Gasteiger partial charge on any atom is -0.453 e. The van der Waals surface area contributed by atoms with Crippen LogP contribution in [-0.4, -0.2) is 7.05 Å². The highest BCUT2D eigenvalue weighted by Crippen LogP contribution is 2.38. The average molecular weight is 209 g/mol. The molecule has 3 rings (SSSR count). The fourth-order valence-electron chi connectivity index (χ4n) is 1.91. The number of hydrogen-bond donors (Lipinski definition) is 0. The Morgan fingerprint density at radius 1 is 1.12 bits per heavy atom. The third kappa shape index (κ3) is 1.28. The number of allylic oxidation sites excluding steroid dienone is 3. The molecule has 2 aliphatic rings. The van der Waals surface area contributed by atoms with Gasteiger partial charge in [0.15, 0.2) is 11.5 Å². The molecule has 1 aromatic rings. The van der Waals surface area contributed by atoms with Gasteiger partial charge in [-0.05, 0) is 36.4 Å². The number of fused-ring (bicyclic) bond motifs is 2. The van der Waals surface area contributed by atoms with Crippen LogP contribution in [0.15, 0.2) is 65.8 Å². The molecule has 1 heterocycles. The lowest BCUT2D eigenvalue weighted by molar-refractivity contribution is 0.422. The summed E-state index contributed by atoms with van der Waals surface area (Å²) in [5.74, 6) is 1.76. The zero-order valence-corrected chi connectivity index (χ0v) is 8.97. The fraction of sp³-hybridized carbons (Fsp3) is 0.0714. The number of likely N-dealkylation sites (N-methyl/N-ethyl adjacent to an activating group) is 1. The van der Waals surface area contributed by atoms with E-state index in [9.17, 15) is 0 Å². The van der Waals surface area contributed by atoms with Gasteiger partial charge < -0.3 is 9.64 Å². The van der Waals surface area contributed by atoms with Crippen LogP contribution >= 0.6 is 0 Å². The summed E-state index contributed by atoms with van der Waals surface area (Å²) in [6.45, 7) is 0. The molecule has 0 atom stereocenters. The van der Waals surface area contributed by atoms with Crippen LogP contribution in [0.1, 0.15) is 0 Å². The lowest BCUT2D eigenvalue weighted by atomic mass is 10.2. The van der Waals surface area contributed by atoms with Gasteiger partial charge >= 0.3 is 0 Å². The van der Waals surface area contributed by atoms with Crippen molar-refractivity contribution in [2.45, 2.75) is 0 Å². The molecule has 78 valence electrons. The van der Waals surface area contributed by atoms with Crippen LogP contribution < -0.4 is 9.64 Å². The first-order valence-corrected chi connectivity index (χ1v) is 5.20. The van der Waals surface area contributed by atoms with Gasteiger partial charge in [0.1, 0.15) is 0 Å². The molecule has 0 saturated carbocycles. The SMILES string of the molecule is CN1C2=CC=C=CC=C2Oc2ccccc21. The molecule has 0 N–H and O–H groups in total. The molecule has 0 spiro atoms. The summed E-state index contributed by atoms with van der Waals surface area (Å²) >= 11 is 0. The monoisotopic (exact) mass is 209 g/mol. The van der Waals surface area contributed by atoms with Gasteiger partial charge in [-0.25, -0.2) is 0 Å². The van der Waals surface area contributed by atoms with Crippen LogP contribution in [-0.2, 0) is 0 Å². The smallest absolute Gasteiger partial charge is 0.151 e. The summed E-state index contributed by atoms with van der Waals surface area (Å²) < 4.78 is 5.85. The minimum atomic E-state index is 0.863.